The molecule has 8 aromatic rings. The van der Waals surface area contributed by atoms with Crippen molar-refractivity contribution in [3.05, 3.63) is 248 Å². The van der Waals surface area contributed by atoms with E-state index in [0.717, 1.165) is 0 Å². The fraction of sp³-hybridized carbons (Fsp3) is 0.0769. The van der Waals surface area contributed by atoms with Gasteiger partial charge < -0.3 is 5.73 Å². The van der Waals surface area contributed by atoms with Crippen LogP contribution in [-0.4, -0.2) is 24.3 Å². The van der Waals surface area contributed by atoms with Crippen LogP contribution in [0.25, 0.3) is 5.73 Å². The van der Waals surface area contributed by atoms with Gasteiger partial charge in [0, 0.05) is 23.8 Å². The minimum Gasteiger partial charge on any atom is -0.699 e. The molecule has 0 heterocycles. The normalized spacial score (nSPS) is 11.1. The molecule has 0 atom stereocenters. The van der Waals surface area contributed by atoms with E-state index in [2.05, 4.69) is 212 Å². The zero-order valence-electron chi connectivity index (χ0n) is 33.1. The fourth-order valence-electron chi connectivity index (χ4n) is 8.20. The van der Waals surface area contributed by atoms with Crippen molar-refractivity contribution < 1.29 is 17.1 Å². The van der Waals surface area contributed by atoms with Crippen molar-refractivity contribution in [2.45, 2.75) is 6.92 Å². The van der Waals surface area contributed by atoms with Crippen molar-refractivity contribution in [1.82, 2.24) is 0 Å². The van der Waals surface area contributed by atoms with Gasteiger partial charge in [-0.25, -0.2) is 0 Å². The van der Waals surface area contributed by atoms with E-state index in [1.165, 1.54) is 55.6 Å². The largest absolute Gasteiger partial charge is 2.00 e. The second-order valence-corrected chi connectivity index (χ2v) is 22.6. The quantitative estimate of drug-likeness (QED) is 0.0816. The summed E-state index contributed by atoms with van der Waals surface area (Å²) >= 11 is 0. The predicted octanol–water partition coefficient (Wildman–Crippen LogP) is 10.2. The minimum absolute atomic E-state index is 0. The van der Waals surface area contributed by atoms with E-state index in [9.17, 15) is 0 Å². The molecule has 0 aliphatic heterocycles. The third-order valence-corrected chi connectivity index (χ3v) is 20.8. The first-order valence-electron chi connectivity index (χ1n) is 20.0. The van der Waals surface area contributed by atoms with Gasteiger partial charge in [-0.15, -0.1) is 5.69 Å². The smallest absolute Gasteiger partial charge is 0.699 e. The van der Waals surface area contributed by atoms with Crippen LogP contribution < -0.4 is 37.3 Å². The zero-order valence-corrected chi connectivity index (χ0v) is 37.2. The molecule has 0 fully saturated rings. The van der Waals surface area contributed by atoms with Crippen molar-refractivity contribution in [1.29, 1.82) is 0 Å². The van der Waals surface area contributed by atoms with Gasteiger partial charge in [-0.1, -0.05) is 169 Å². The molecule has 0 unspecified atom stereocenters. The summed E-state index contributed by atoms with van der Waals surface area (Å²) in [6.07, 6.45) is -1.09. The Labute approximate surface area is 360 Å². The molecule has 0 bridgehead atoms. The fourth-order valence-corrected chi connectivity index (χ4v) is 19.0. The van der Waals surface area contributed by atoms with Crippen LogP contribution in [0.1, 0.15) is 5.56 Å². The van der Waals surface area contributed by atoms with E-state index in [-0.39, 0.29) is 17.1 Å². The Hall–Kier alpha value is -4.57. The molecular weight excluding hydrogens is 798 g/mol. The van der Waals surface area contributed by atoms with Crippen LogP contribution in [0.15, 0.2) is 237 Å². The van der Waals surface area contributed by atoms with Gasteiger partial charge >= 0.3 is 17.1 Å². The summed E-state index contributed by atoms with van der Waals surface area (Å²) < 4.78 is 0. The van der Waals surface area contributed by atoms with E-state index in [4.69, 9.17) is 5.73 Å². The van der Waals surface area contributed by atoms with Crippen LogP contribution in [0, 0.1) is 6.92 Å². The molecule has 1 nitrogen and oxygen atoms in total. The molecule has 6 heteroatoms. The third-order valence-electron chi connectivity index (χ3n) is 11.1. The van der Waals surface area contributed by atoms with Gasteiger partial charge in [0.25, 0.3) is 0 Å². The number of nitrogens with one attached hydrogen (secondary N) is 1. The van der Waals surface area contributed by atoms with E-state index in [1.807, 2.05) is 19.1 Å². The van der Waals surface area contributed by atoms with Crippen LogP contribution in [-0.2, 0) is 17.1 Å². The summed E-state index contributed by atoms with van der Waals surface area (Å²) in [5, 5.41) is 9.01. The second kappa shape index (κ2) is 22.0. The molecule has 1 N–H and O–H groups in total. The van der Waals surface area contributed by atoms with Crippen LogP contribution in [0.3, 0.4) is 0 Å². The number of benzene rings is 8. The first-order chi connectivity index (χ1) is 28.1. The number of hydrogen-bond acceptors (Lipinski definition) is 0. The van der Waals surface area contributed by atoms with Gasteiger partial charge in [0.15, 0.2) is 0 Å². The maximum Gasteiger partial charge on any atom is 2.00 e. The summed E-state index contributed by atoms with van der Waals surface area (Å²) in [5.41, 5.74) is 10.4. The van der Waals surface area contributed by atoms with Crippen molar-refractivity contribution in [3.63, 3.8) is 0 Å². The van der Waals surface area contributed by atoms with Gasteiger partial charge in [0.05, 0.1) is 31.8 Å². The zero-order chi connectivity index (χ0) is 39.1. The molecule has 0 radical (unpaired) electrons. The number of aryl methyl sites for hydroxylation is 1. The molecule has 0 saturated carbocycles. The Bertz CT molecular complexity index is 2000. The summed E-state index contributed by atoms with van der Waals surface area (Å²) in [7, 11) is -3.48. The van der Waals surface area contributed by atoms with Gasteiger partial charge in [0.1, 0.15) is 6.15 Å². The first kappa shape index (κ1) is 43.0. The molecular formula is C52H52BFeNP3+3. The first-order valence-corrected chi connectivity index (χ1v) is 25.1. The Morgan fingerprint density at radius 3 is 0.776 bits per heavy atom. The topological polar surface area (TPSA) is 23.8 Å². The van der Waals surface area contributed by atoms with Gasteiger partial charge in [-0.05, 0) is 97.9 Å². The molecule has 0 aliphatic rings. The molecule has 0 aliphatic carbocycles. The van der Waals surface area contributed by atoms with E-state index < -0.39 is 29.9 Å². The average molecular weight is 851 g/mol. The van der Waals surface area contributed by atoms with Gasteiger partial charge in [-0.2, -0.15) is 5.46 Å². The van der Waals surface area contributed by atoms with Crippen LogP contribution in [0.2, 0.25) is 0 Å². The molecule has 0 saturated heterocycles. The Morgan fingerprint density at radius 2 is 0.552 bits per heavy atom. The summed E-state index contributed by atoms with van der Waals surface area (Å²) in [6, 6.07) is 91.4. The molecule has 8 rings (SSSR count). The van der Waals surface area contributed by atoms with Crippen molar-refractivity contribution in [2.24, 2.45) is 0 Å². The summed E-state index contributed by atoms with van der Waals surface area (Å²) in [6.45, 7) is 2.01. The Kier molecular flexibility index (Phi) is 16.3. The minimum atomic E-state index is -1.16. The number of hydrogen-bond donors (Lipinski definition) is 0. The van der Waals surface area contributed by atoms with E-state index in [1.54, 1.807) is 17.6 Å². The van der Waals surface area contributed by atoms with Crippen LogP contribution in [0.5, 0.6) is 0 Å². The Morgan fingerprint density at radius 1 is 0.328 bits per heavy atom. The Balaban J connectivity index is 0.000000564. The molecule has 8 aromatic carbocycles. The molecule has 0 aromatic heterocycles. The predicted molar refractivity (Wildman–Crippen MR) is 263 cm³/mol. The monoisotopic (exact) mass is 850 g/mol. The van der Waals surface area contributed by atoms with Crippen molar-refractivity contribution >= 4 is 72.9 Å². The molecule has 58 heavy (non-hydrogen) atoms. The third kappa shape index (κ3) is 11.5. The van der Waals surface area contributed by atoms with Gasteiger partial charge in [-0.3, -0.25) is 0 Å². The van der Waals surface area contributed by atoms with E-state index in [0.29, 0.717) is 5.69 Å². The van der Waals surface area contributed by atoms with Crippen LogP contribution in [0.4, 0.5) is 5.69 Å². The van der Waals surface area contributed by atoms with Crippen molar-refractivity contribution in [2.75, 3.05) is 18.2 Å². The molecule has 0 spiro atoms. The standard InChI is InChI=1S/C45H41BP3.C7H8N.Fe/c1-8-22-39(23-9-1)46(36-47(40-24-10-2-11-25-40)41-26-12-3-13-27-41,37-48(42-28-14-4-15-29-42)43-30-16-5-17-31-43)38-49(44-32-18-6-19-33-44)45-34-20-7-21-35-45;1-6-2-4-7(8)5-3-6;/h1-35H,36-38H2;2-5,8H,1H3;/q2*-1;+2/p+3. The van der Waals surface area contributed by atoms with Crippen LogP contribution >= 0.6 is 23.8 Å². The SMILES string of the molecule is Cc1ccc([NH-])cc1.[Fe+2].c1ccc([PH+](C[B-](C[PH+](c2ccccc2)c2ccccc2)(C[PH+](c2ccccc2)c2ccccc2)c2ccccc2)c2ccccc2)cc1. The maximum atomic E-state index is 7.09. The summed E-state index contributed by atoms with van der Waals surface area (Å²) in [4.78, 5) is 0. The number of rotatable bonds is 13. The molecule has 288 valence electrons. The van der Waals surface area contributed by atoms with E-state index >= 15 is 0 Å². The maximum absolute atomic E-state index is 7.09. The summed E-state index contributed by atoms with van der Waals surface area (Å²) in [5.74, 6) is 0. The van der Waals surface area contributed by atoms with Gasteiger partial charge in [0.2, 0.25) is 0 Å². The average Bonchev–Trinajstić information content (AvgIpc) is 3.29. The second-order valence-electron chi connectivity index (χ2n) is 15.0. The van der Waals surface area contributed by atoms with Crippen molar-refractivity contribution in [3.8, 4) is 0 Å². The molecule has 0 amide bonds.